The molecule has 0 saturated heterocycles. The van der Waals surface area contributed by atoms with Crippen LogP contribution in [0.5, 0.6) is 0 Å². The number of H-pyrrole nitrogens is 2. The maximum absolute atomic E-state index is 14.1. The summed E-state index contributed by atoms with van der Waals surface area (Å²) in [5.74, 6) is -0.557. The third-order valence-electron chi connectivity index (χ3n) is 4.42. The number of hydrogen-bond donors (Lipinski definition) is 2. The van der Waals surface area contributed by atoms with Gasteiger partial charge in [0.1, 0.15) is 17.3 Å². The van der Waals surface area contributed by atoms with E-state index >= 15 is 0 Å². The lowest BCUT2D eigenvalue weighted by Crippen LogP contribution is -1.86. The number of nitrogens with zero attached hydrogens (tertiary/aromatic N) is 2. The number of hydrogen-bond acceptors (Lipinski definition) is 2. The molecule has 0 amide bonds. The fourth-order valence-corrected chi connectivity index (χ4v) is 3.16. The van der Waals surface area contributed by atoms with Gasteiger partial charge in [-0.3, -0.25) is 5.10 Å². The lowest BCUT2D eigenvalue weighted by atomic mass is 10.0. The average molecular weight is 346 g/mol. The monoisotopic (exact) mass is 346 g/mol. The Morgan fingerprint density at radius 2 is 1.73 bits per heavy atom. The third-order valence-corrected chi connectivity index (χ3v) is 4.42. The Morgan fingerprint density at radius 1 is 0.846 bits per heavy atom. The van der Waals surface area contributed by atoms with Gasteiger partial charge in [-0.2, -0.15) is 5.10 Å². The van der Waals surface area contributed by atoms with Crippen LogP contribution in [0.1, 0.15) is 0 Å². The zero-order valence-electron chi connectivity index (χ0n) is 13.4. The Labute approximate surface area is 146 Å². The van der Waals surface area contributed by atoms with E-state index in [-0.39, 0.29) is 0 Å². The molecule has 126 valence electrons. The minimum Gasteiger partial charge on any atom is -0.337 e. The zero-order valence-corrected chi connectivity index (χ0v) is 13.4. The van der Waals surface area contributed by atoms with Crippen molar-refractivity contribution in [2.75, 3.05) is 0 Å². The molecule has 0 atom stereocenters. The number of benzene rings is 3. The molecule has 26 heavy (non-hydrogen) atoms. The highest BCUT2D eigenvalue weighted by Gasteiger charge is 2.13. The number of imidazole rings is 1. The molecule has 0 radical (unpaired) electrons. The first-order valence-electron chi connectivity index (χ1n) is 8.08. The molecular formula is C20H12F2N4. The van der Waals surface area contributed by atoms with E-state index in [1.165, 1.54) is 12.1 Å². The maximum atomic E-state index is 14.1. The molecule has 0 aliphatic carbocycles. The number of rotatable bonds is 2. The summed E-state index contributed by atoms with van der Waals surface area (Å²) in [5, 5.41) is 8.30. The van der Waals surface area contributed by atoms with Crippen molar-refractivity contribution in [3.05, 3.63) is 72.3 Å². The van der Waals surface area contributed by atoms with Crippen LogP contribution in [-0.2, 0) is 0 Å². The summed E-state index contributed by atoms with van der Waals surface area (Å²) >= 11 is 0. The summed E-state index contributed by atoms with van der Waals surface area (Å²) in [4.78, 5) is 7.83. The second-order valence-electron chi connectivity index (χ2n) is 6.06. The van der Waals surface area contributed by atoms with Gasteiger partial charge in [0.05, 0.1) is 16.6 Å². The largest absolute Gasteiger partial charge is 0.337 e. The summed E-state index contributed by atoms with van der Waals surface area (Å²) < 4.78 is 27.2. The van der Waals surface area contributed by atoms with Gasteiger partial charge in [-0.05, 0) is 35.9 Å². The van der Waals surface area contributed by atoms with Crippen molar-refractivity contribution < 1.29 is 8.78 Å². The van der Waals surface area contributed by atoms with Crippen LogP contribution in [0.25, 0.3) is 44.6 Å². The summed E-state index contributed by atoms with van der Waals surface area (Å²) in [6.07, 6.45) is 0. The number of fused-ring (bicyclic) bond motifs is 2. The van der Waals surface area contributed by atoms with Crippen molar-refractivity contribution in [2.24, 2.45) is 0 Å². The van der Waals surface area contributed by atoms with Gasteiger partial charge in [0.15, 0.2) is 5.82 Å². The van der Waals surface area contributed by atoms with Crippen molar-refractivity contribution in [3.8, 4) is 22.6 Å². The lowest BCUT2D eigenvalue weighted by molar-refractivity contribution is 0.585. The fourth-order valence-electron chi connectivity index (χ4n) is 3.16. The van der Waals surface area contributed by atoms with E-state index in [0.717, 1.165) is 33.7 Å². The number of para-hydroxylation sites is 1. The molecule has 4 nitrogen and oxygen atoms in total. The maximum Gasteiger partial charge on any atom is 0.159 e. The first-order chi connectivity index (χ1) is 12.7. The molecule has 5 rings (SSSR count). The Balaban J connectivity index is 1.64. The molecule has 0 saturated carbocycles. The van der Waals surface area contributed by atoms with Crippen molar-refractivity contribution in [1.29, 1.82) is 0 Å². The number of aromatic nitrogens is 4. The Kier molecular flexibility index (Phi) is 3.12. The van der Waals surface area contributed by atoms with E-state index < -0.39 is 11.6 Å². The molecule has 2 heterocycles. The van der Waals surface area contributed by atoms with Crippen molar-refractivity contribution >= 4 is 21.9 Å². The highest BCUT2D eigenvalue weighted by molar-refractivity contribution is 5.93. The SMILES string of the molecule is Fc1ccc(-c2ccc3nc(-c4n[nH]c5ccccc45)[nH]c3c2)c(F)c1. The van der Waals surface area contributed by atoms with Crippen LogP contribution in [0.15, 0.2) is 60.7 Å². The van der Waals surface area contributed by atoms with Crippen LogP contribution >= 0.6 is 0 Å². The number of aromatic amines is 2. The fraction of sp³-hybridized carbons (Fsp3) is 0. The van der Waals surface area contributed by atoms with Crippen LogP contribution in [0.3, 0.4) is 0 Å². The molecule has 5 aromatic rings. The molecule has 6 heteroatoms. The van der Waals surface area contributed by atoms with E-state index in [9.17, 15) is 8.78 Å². The molecule has 2 N–H and O–H groups in total. The van der Waals surface area contributed by atoms with Crippen molar-refractivity contribution in [1.82, 2.24) is 20.2 Å². The van der Waals surface area contributed by atoms with Gasteiger partial charge >= 0.3 is 0 Å². The lowest BCUT2D eigenvalue weighted by Gasteiger charge is -2.03. The quantitative estimate of drug-likeness (QED) is 0.470. The van der Waals surface area contributed by atoms with Crippen LogP contribution < -0.4 is 0 Å². The molecule has 0 aliphatic rings. The Bertz CT molecular complexity index is 1270. The highest BCUT2D eigenvalue weighted by Crippen LogP contribution is 2.29. The molecule has 0 fully saturated rings. The molecule has 0 bridgehead atoms. The van der Waals surface area contributed by atoms with Crippen LogP contribution in [0, 0.1) is 11.6 Å². The molecule has 0 aliphatic heterocycles. The molecular weight excluding hydrogens is 334 g/mol. The van der Waals surface area contributed by atoms with Gasteiger partial charge in [0.25, 0.3) is 0 Å². The van der Waals surface area contributed by atoms with Crippen molar-refractivity contribution in [2.45, 2.75) is 0 Å². The van der Waals surface area contributed by atoms with Gasteiger partial charge in [-0.25, -0.2) is 13.8 Å². The molecule has 0 spiro atoms. The summed E-state index contributed by atoms with van der Waals surface area (Å²) in [6.45, 7) is 0. The molecule has 0 unspecified atom stereocenters. The topological polar surface area (TPSA) is 57.4 Å². The van der Waals surface area contributed by atoms with Gasteiger partial charge in [0.2, 0.25) is 0 Å². The summed E-state index contributed by atoms with van der Waals surface area (Å²) in [6, 6.07) is 16.7. The average Bonchev–Trinajstić information content (AvgIpc) is 3.24. The van der Waals surface area contributed by atoms with Gasteiger partial charge in [-0.15, -0.1) is 0 Å². The second-order valence-corrected chi connectivity index (χ2v) is 6.06. The third kappa shape index (κ3) is 2.27. The first-order valence-corrected chi connectivity index (χ1v) is 8.08. The van der Waals surface area contributed by atoms with E-state index in [1.807, 2.05) is 30.3 Å². The van der Waals surface area contributed by atoms with E-state index in [4.69, 9.17) is 0 Å². The smallest absolute Gasteiger partial charge is 0.159 e. The van der Waals surface area contributed by atoms with Crippen molar-refractivity contribution in [3.63, 3.8) is 0 Å². The highest BCUT2D eigenvalue weighted by atomic mass is 19.1. The summed E-state index contributed by atoms with van der Waals surface area (Å²) in [7, 11) is 0. The molecule has 2 aromatic heterocycles. The predicted molar refractivity (Wildman–Crippen MR) is 96.5 cm³/mol. The predicted octanol–water partition coefficient (Wildman–Crippen LogP) is 5.05. The summed E-state index contributed by atoms with van der Waals surface area (Å²) in [5.41, 5.74) is 4.15. The Hall–Kier alpha value is -3.54. The van der Waals surface area contributed by atoms with Crippen LogP contribution in [0.2, 0.25) is 0 Å². The zero-order chi connectivity index (χ0) is 17.7. The number of halogens is 2. The Morgan fingerprint density at radius 3 is 2.62 bits per heavy atom. The van der Waals surface area contributed by atoms with Gasteiger partial charge < -0.3 is 4.98 Å². The minimum atomic E-state index is -0.596. The van der Waals surface area contributed by atoms with E-state index in [2.05, 4.69) is 20.2 Å². The van der Waals surface area contributed by atoms with Gasteiger partial charge in [-0.1, -0.05) is 24.3 Å². The molecule has 3 aromatic carbocycles. The standard InChI is InChI=1S/C20H12F2N4/c21-12-6-7-13(15(22)10-12)11-5-8-17-18(9-11)24-20(23-17)19-14-3-1-2-4-16(14)25-26-19/h1-10H,(H,23,24)(H,25,26). The van der Waals surface area contributed by atoms with E-state index in [1.54, 1.807) is 12.1 Å². The van der Waals surface area contributed by atoms with Gasteiger partial charge in [0, 0.05) is 17.0 Å². The van der Waals surface area contributed by atoms with Crippen LogP contribution in [0.4, 0.5) is 8.78 Å². The number of nitrogens with one attached hydrogen (secondary N) is 2. The normalized spacial score (nSPS) is 11.5. The van der Waals surface area contributed by atoms with Crippen LogP contribution in [-0.4, -0.2) is 20.2 Å². The minimum absolute atomic E-state index is 0.342. The second kappa shape index (κ2) is 5.49. The first kappa shape index (κ1) is 14.8. The van der Waals surface area contributed by atoms with E-state index in [0.29, 0.717) is 17.0 Å².